The van der Waals surface area contributed by atoms with Gasteiger partial charge in [0.2, 0.25) is 0 Å². The number of benzene rings is 1. The molecule has 0 aromatic heterocycles. The zero-order chi connectivity index (χ0) is 15.1. The molecule has 1 aromatic carbocycles. The molecule has 1 aliphatic heterocycles. The van der Waals surface area contributed by atoms with Gasteiger partial charge < -0.3 is 15.4 Å². The molecule has 4 nitrogen and oxygen atoms in total. The summed E-state index contributed by atoms with van der Waals surface area (Å²) in [6.07, 6.45) is 2.50. The summed E-state index contributed by atoms with van der Waals surface area (Å²) in [6, 6.07) is 8.35. The first-order valence-corrected chi connectivity index (χ1v) is 8.04. The van der Waals surface area contributed by atoms with Crippen LogP contribution >= 0.6 is 0 Å². The Balaban J connectivity index is 1.75. The molecule has 0 spiro atoms. The molecule has 1 fully saturated rings. The second-order valence-electron chi connectivity index (χ2n) is 6.01. The third-order valence-electron chi connectivity index (χ3n) is 4.36. The van der Waals surface area contributed by atoms with Crippen LogP contribution in [-0.4, -0.2) is 51.3 Å². The van der Waals surface area contributed by atoms with Crippen molar-refractivity contribution in [2.45, 2.75) is 19.8 Å². The van der Waals surface area contributed by atoms with Crippen LogP contribution in [0.3, 0.4) is 0 Å². The summed E-state index contributed by atoms with van der Waals surface area (Å²) in [5, 5.41) is 0. The lowest BCUT2D eigenvalue weighted by Crippen LogP contribution is -2.46. The molecule has 0 radical (unpaired) electrons. The number of methoxy groups -OCH3 is 1. The van der Waals surface area contributed by atoms with Crippen LogP contribution in [-0.2, 0) is 0 Å². The van der Waals surface area contributed by atoms with Gasteiger partial charge in [-0.2, -0.15) is 0 Å². The SMILES string of the molecule is COc1cccc(N2CCN(CCCC(C)CN)CC2)c1. The summed E-state index contributed by atoms with van der Waals surface area (Å²) < 4.78 is 5.31. The maximum Gasteiger partial charge on any atom is 0.120 e. The molecule has 1 aliphatic rings. The Labute approximate surface area is 128 Å². The molecule has 0 amide bonds. The van der Waals surface area contributed by atoms with E-state index in [0.29, 0.717) is 5.92 Å². The number of hydrogen-bond acceptors (Lipinski definition) is 4. The number of piperazine rings is 1. The summed E-state index contributed by atoms with van der Waals surface area (Å²) in [6.45, 7) is 8.74. The van der Waals surface area contributed by atoms with Crippen LogP contribution in [0.4, 0.5) is 5.69 Å². The topological polar surface area (TPSA) is 41.7 Å². The molecule has 2 N–H and O–H groups in total. The average Bonchev–Trinajstić information content (AvgIpc) is 2.55. The Morgan fingerprint density at radius 3 is 2.67 bits per heavy atom. The Morgan fingerprint density at radius 2 is 2.00 bits per heavy atom. The van der Waals surface area contributed by atoms with Crippen molar-refractivity contribution in [3.8, 4) is 5.75 Å². The second-order valence-corrected chi connectivity index (χ2v) is 6.01. The fourth-order valence-corrected chi connectivity index (χ4v) is 2.82. The predicted octanol–water partition coefficient (Wildman–Crippen LogP) is 2.19. The van der Waals surface area contributed by atoms with Gasteiger partial charge in [0, 0.05) is 37.9 Å². The Morgan fingerprint density at radius 1 is 1.24 bits per heavy atom. The van der Waals surface area contributed by atoms with Crippen LogP contribution in [0.5, 0.6) is 5.75 Å². The fourth-order valence-electron chi connectivity index (χ4n) is 2.82. The van der Waals surface area contributed by atoms with Gasteiger partial charge in [-0.3, -0.25) is 4.90 Å². The number of nitrogens with zero attached hydrogens (tertiary/aromatic N) is 2. The van der Waals surface area contributed by atoms with E-state index >= 15 is 0 Å². The number of ether oxygens (including phenoxy) is 1. The Kier molecular flexibility index (Phi) is 6.33. The van der Waals surface area contributed by atoms with E-state index in [9.17, 15) is 0 Å². The maximum absolute atomic E-state index is 5.67. The number of nitrogens with two attached hydrogens (primary N) is 1. The molecule has 1 saturated heterocycles. The molecule has 4 heteroatoms. The molecule has 118 valence electrons. The first-order valence-electron chi connectivity index (χ1n) is 8.04. The molecule has 1 aromatic rings. The average molecular weight is 291 g/mol. The zero-order valence-electron chi connectivity index (χ0n) is 13.4. The summed E-state index contributed by atoms with van der Waals surface area (Å²) in [5.41, 5.74) is 6.94. The van der Waals surface area contributed by atoms with E-state index < -0.39 is 0 Å². The van der Waals surface area contributed by atoms with Crippen molar-refractivity contribution in [1.29, 1.82) is 0 Å². The molecule has 1 heterocycles. The number of anilines is 1. The lowest BCUT2D eigenvalue weighted by Gasteiger charge is -2.36. The maximum atomic E-state index is 5.67. The minimum absolute atomic E-state index is 0.656. The van der Waals surface area contributed by atoms with E-state index in [2.05, 4.69) is 34.9 Å². The van der Waals surface area contributed by atoms with Crippen LogP contribution < -0.4 is 15.4 Å². The number of hydrogen-bond donors (Lipinski definition) is 1. The van der Waals surface area contributed by atoms with Crippen LogP contribution in [0, 0.1) is 5.92 Å². The van der Waals surface area contributed by atoms with E-state index in [1.165, 1.54) is 25.1 Å². The van der Waals surface area contributed by atoms with Crippen LogP contribution in [0.2, 0.25) is 0 Å². The van der Waals surface area contributed by atoms with Gasteiger partial charge in [0.1, 0.15) is 5.75 Å². The van der Waals surface area contributed by atoms with Crippen molar-refractivity contribution in [3.05, 3.63) is 24.3 Å². The van der Waals surface area contributed by atoms with Crippen molar-refractivity contribution >= 4 is 5.69 Å². The van der Waals surface area contributed by atoms with Gasteiger partial charge in [0.25, 0.3) is 0 Å². The van der Waals surface area contributed by atoms with Crippen molar-refractivity contribution in [1.82, 2.24) is 4.90 Å². The molecule has 2 rings (SSSR count). The second kappa shape index (κ2) is 8.25. The highest BCUT2D eigenvalue weighted by Crippen LogP contribution is 2.22. The minimum Gasteiger partial charge on any atom is -0.497 e. The molecule has 1 atom stereocenters. The highest BCUT2D eigenvalue weighted by Gasteiger charge is 2.17. The van der Waals surface area contributed by atoms with Gasteiger partial charge in [0.05, 0.1) is 7.11 Å². The van der Waals surface area contributed by atoms with Crippen molar-refractivity contribution in [2.24, 2.45) is 11.7 Å². The fraction of sp³-hybridized carbons (Fsp3) is 0.647. The highest BCUT2D eigenvalue weighted by molar-refractivity contribution is 5.51. The summed E-state index contributed by atoms with van der Waals surface area (Å²) in [5.74, 6) is 1.59. The lowest BCUT2D eigenvalue weighted by molar-refractivity contribution is 0.248. The molecular weight excluding hydrogens is 262 g/mol. The van der Waals surface area contributed by atoms with Crippen LogP contribution in [0.15, 0.2) is 24.3 Å². The van der Waals surface area contributed by atoms with Gasteiger partial charge in [-0.1, -0.05) is 13.0 Å². The minimum atomic E-state index is 0.656. The molecule has 0 aliphatic carbocycles. The van der Waals surface area contributed by atoms with Gasteiger partial charge in [-0.15, -0.1) is 0 Å². The van der Waals surface area contributed by atoms with Crippen molar-refractivity contribution in [3.63, 3.8) is 0 Å². The third-order valence-corrected chi connectivity index (χ3v) is 4.36. The molecule has 21 heavy (non-hydrogen) atoms. The van der Waals surface area contributed by atoms with Gasteiger partial charge in [-0.05, 0) is 44.0 Å². The smallest absolute Gasteiger partial charge is 0.120 e. The Bertz CT molecular complexity index is 416. The van der Waals surface area contributed by atoms with E-state index in [4.69, 9.17) is 10.5 Å². The zero-order valence-corrected chi connectivity index (χ0v) is 13.4. The molecule has 0 saturated carbocycles. The molecule has 0 bridgehead atoms. The quantitative estimate of drug-likeness (QED) is 0.836. The van der Waals surface area contributed by atoms with E-state index in [-0.39, 0.29) is 0 Å². The largest absolute Gasteiger partial charge is 0.497 e. The highest BCUT2D eigenvalue weighted by atomic mass is 16.5. The van der Waals surface area contributed by atoms with Crippen LogP contribution in [0.25, 0.3) is 0 Å². The first kappa shape index (κ1) is 16.1. The van der Waals surface area contributed by atoms with Gasteiger partial charge >= 0.3 is 0 Å². The van der Waals surface area contributed by atoms with Gasteiger partial charge in [0.15, 0.2) is 0 Å². The van der Waals surface area contributed by atoms with E-state index in [0.717, 1.165) is 38.5 Å². The standard InChI is InChI=1S/C17H29N3O/c1-15(14-18)5-4-8-19-9-11-20(12-10-19)16-6-3-7-17(13-16)21-2/h3,6-7,13,15H,4-5,8-12,14,18H2,1-2H3. The predicted molar refractivity (Wildman–Crippen MR) is 89.1 cm³/mol. The summed E-state index contributed by atoms with van der Waals surface area (Å²) in [7, 11) is 1.72. The monoisotopic (exact) mass is 291 g/mol. The number of rotatable bonds is 7. The summed E-state index contributed by atoms with van der Waals surface area (Å²) >= 11 is 0. The first-order chi connectivity index (χ1) is 10.2. The van der Waals surface area contributed by atoms with E-state index in [1.807, 2.05) is 6.07 Å². The van der Waals surface area contributed by atoms with Crippen molar-refractivity contribution < 1.29 is 4.74 Å². The Hall–Kier alpha value is -1.26. The molecule has 1 unspecified atom stereocenters. The molecular formula is C17H29N3O. The third kappa shape index (κ3) is 4.90. The van der Waals surface area contributed by atoms with E-state index in [1.54, 1.807) is 7.11 Å². The van der Waals surface area contributed by atoms with Gasteiger partial charge in [-0.25, -0.2) is 0 Å². The lowest BCUT2D eigenvalue weighted by atomic mass is 10.1. The summed E-state index contributed by atoms with van der Waals surface area (Å²) in [4.78, 5) is 5.02. The normalized spacial score (nSPS) is 17.8. The van der Waals surface area contributed by atoms with Crippen molar-refractivity contribution in [2.75, 3.05) is 51.3 Å². The van der Waals surface area contributed by atoms with Crippen LogP contribution in [0.1, 0.15) is 19.8 Å².